The van der Waals surface area contributed by atoms with E-state index in [9.17, 15) is 0 Å². The monoisotopic (exact) mass is 323 g/mol. The standard InChI is InChI=1S/C20H25N3O/c1-4-9-18(10-5-2)16-24-20-13-19(14-21-3)22-23(20)15-17-11-7-6-8-12-17/h4-13,21H,1,14-16H2,2-3H3/b10-5-,18-9+. The number of nitrogens with zero attached hydrogens (tertiary/aromatic N) is 2. The van der Waals surface area contributed by atoms with E-state index >= 15 is 0 Å². The summed E-state index contributed by atoms with van der Waals surface area (Å²) >= 11 is 0. The summed E-state index contributed by atoms with van der Waals surface area (Å²) < 4.78 is 7.91. The molecule has 4 heteroatoms. The summed E-state index contributed by atoms with van der Waals surface area (Å²) in [6.07, 6.45) is 7.74. The van der Waals surface area contributed by atoms with Gasteiger partial charge in [0, 0.05) is 12.6 Å². The van der Waals surface area contributed by atoms with Crippen molar-refractivity contribution in [3.8, 4) is 5.88 Å². The van der Waals surface area contributed by atoms with Crippen molar-refractivity contribution in [2.45, 2.75) is 20.0 Å². The van der Waals surface area contributed by atoms with Gasteiger partial charge in [0.1, 0.15) is 6.61 Å². The van der Waals surface area contributed by atoms with E-state index in [4.69, 9.17) is 4.74 Å². The van der Waals surface area contributed by atoms with Crippen LogP contribution in [-0.4, -0.2) is 23.4 Å². The number of rotatable bonds is 9. The molecule has 1 aromatic carbocycles. The first-order chi connectivity index (χ1) is 11.8. The molecule has 0 spiro atoms. The van der Waals surface area contributed by atoms with Crippen LogP contribution in [0, 0.1) is 0 Å². The molecule has 2 aromatic rings. The van der Waals surface area contributed by atoms with Gasteiger partial charge in [0.2, 0.25) is 5.88 Å². The Labute approximate surface area is 144 Å². The summed E-state index contributed by atoms with van der Waals surface area (Å²) in [7, 11) is 1.91. The molecule has 4 nitrogen and oxygen atoms in total. The van der Waals surface area contributed by atoms with Crippen molar-refractivity contribution >= 4 is 0 Å². The molecule has 0 amide bonds. The van der Waals surface area contributed by atoms with Gasteiger partial charge < -0.3 is 10.1 Å². The lowest BCUT2D eigenvalue weighted by Crippen LogP contribution is -2.09. The molecule has 126 valence electrons. The molecular weight excluding hydrogens is 298 g/mol. The van der Waals surface area contributed by atoms with E-state index in [0.717, 1.165) is 17.1 Å². The first-order valence-corrected chi connectivity index (χ1v) is 8.09. The van der Waals surface area contributed by atoms with Gasteiger partial charge >= 0.3 is 0 Å². The fourth-order valence-corrected chi connectivity index (χ4v) is 2.38. The molecule has 2 rings (SSSR count). The van der Waals surface area contributed by atoms with Crippen molar-refractivity contribution in [2.24, 2.45) is 0 Å². The SMILES string of the molecule is C=C/C=C(\C=C/C)COc1cc(CNC)nn1Cc1ccccc1. The lowest BCUT2D eigenvalue weighted by atomic mass is 10.2. The minimum atomic E-state index is 0.482. The number of aromatic nitrogens is 2. The van der Waals surface area contributed by atoms with Gasteiger partial charge in [-0.15, -0.1) is 0 Å². The van der Waals surface area contributed by atoms with Gasteiger partial charge in [-0.1, -0.05) is 61.2 Å². The molecule has 1 aromatic heterocycles. The molecule has 0 atom stereocenters. The lowest BCUT2D eigenvalue weighted by Gasteiger charge is -2.10. The Bertz CT molecular complexity index is 699. The summed E-state index contributed by atoms with van der Waals surface area (Å²) in [5, 5.41) is 7.76. The molecule has 1 N–H and O–H groups in total. The minimum absolute atomic E-state index is 0.482. The van der Waals surface area contributed by atoms with Crippen LogP contribution in [0.25, 0.3) is 0 Å². The number of hydrogen-bond acceptors (Lipinski definition) is 3. The first kappa shape index (κ1) is 17.8. The highest BCUT2D eigenvalue weighted by molar-refractivity contribution is 5.26. The summed E-state index contributed by atoms with van der Waals surface area (Å²) in [4.78, 5) is 0. The van der Waals surface area contributed by atoms with Gasteiger partial charge in [-0.2, -0.15) is 5.10 Å². The molecule has 24 heavy (non-hydrogen) atoms. The zero-order chi connectivity index (χ0) is 17.2. The van der Waals surface area contributed by atoms with Crippen LogP contribution in [0.1, 0.15) is 18.2 Å². The number of ether oxygens (including phenoxy) is 1. The zero-order valence-electron chi connectivity index (χ0n) is 14.4. The third kappa shape index (κ3) is 5.25. The van der Waals surface area contributed by atoms with Crippen LogP contribution in [0.3, 0.4) is 0 Å². The number of hydrogen-bond donors (Lipinski definition) is 1. The van der Waals surface area contributed by atoms with Gasteiger partial charge in [0.05, 0.1) is 12.2 Å². The van der Waals surface area contributed by atoms with Crippen molar-refractivity contribution in [3.63, 3.8) is 0 Å². The highest BCUT2D eigenvalue weighted by Crippen LogP contribution is 2.17. The molecule has 0 saturated heterocycles. The minimum Gasteiger partial charge on any atom is -0.473 e. The molecule has 0 radical (unpaired) electrons. The van der Waals surface area contributed by atoms with Crippen LogP contribution in [0.5, 0.6) is 5.88 Å². The average Bonchev–Trinajstić information content (AvgIpc) is 2.96. The van der Waals surface area contributed by atoms with Crippen molar-refractivity contribution < 1.29 is 4.74 Å². The highest BCUT2D eigenvalue weighted by Gasteiger charge is 2.10. The maximum Gasteiger partial charge on any atom is 0.212 e. The van der Waals surface area contributed by atoms with E-state index in [1.54, 1.807) is 6.08 Å². The lowest BCUT2D eigenvalue weighted by molar-refractivity contribution is 0.318. The maximum atomic E-state index is 6.01. The van der Waals surface area contributed by atoms with Crippen LogP contribution >= 0.6 is 0 Å². The van der Waals surface area contributed by atoms with E-state index in [0.29, 0.717) is 19.7 Å². The van der Waals surface area contributed by atoms with E-state index < -0.39 is 0 Å². The molecule has 0 fully saturated rings. The summed E-state index contributed by atoms with van der Waals surface area (Å²) in [6, 6.07) is 12.2. The zero-order valence-corrected chi connectivity index (χ0v) is 14.4. The van der Waals surface area contributed by atoms with Gasteiger partial charge in [-0.25, -0.2) is 4.68 Å². The topological polar surface area (TPSA) is 39.1 Å². The molecule has 0 aliphatic rings. The predicted molar refractivity (Wildman–Crippen MR) is 99.1 cm³/mol. The quantitative estimate of drug-likeness (QED) is 0.715. The van der Waals surface area contributed by atoms with Crippen molar-refractivity contribution in [1.29, 1.82) is 0 Å². The fourth-order valence-electron chi connectivity index (χ4n) is 2.38. The second kappa shape index (κ2) is 9.53. The molecule has 0 saturated carbocycles. The maximum absolute atomic E-state index is 6.01. The number of benzene rings is 1. The Morgan fingerprint density at radius 1 is 1.33 bits per heavy atom. The van der Waals surface area contributed by atoms with E-state index in [-0.39, 0.29) is 0 Å². The van der Waals surface area contributed by atoms with Crippen LogP contribution < -0.4 is 10.1 Å². The van der Waals surface area contributed by atoms with Gasteiger partial charge in [0.25, 0.3) is 0 Å². The third-order valence-electron chi connectivity index (χ3n) is 3.43. The average molecular weight is 323 g/mol. The molecule has 1 heterocycles. The van der Waals surface area contributed by atoms with Crippen molar-refractivity contribution in [3.05, 3.63) is 84.1 Å². The van der Waals surface area contributed by atoms with Crippen LogP contribution in [0.4, 0.5) is 0 Å². The Balaban J connectivity index is 2.17. The molecule has 0 aliphatic heterocycles. The van der Waals surface area contributed by atoms with Crippen LogP contribution in [0.15, 0.2) is 72.9 Å². The Kier molecular flexibility index (Phi) is 7.05. The van der Waals surface area contributed by atoms with Crippen molar-refractivity contribution in [1.82, 2.24) is 15.1 Å². The fraction of sp³-hybridized carbons (Fsp3) is 0.250. The predicted octanol–water partition coefficient (Wildman–Crippen LogP) is 3.72. The number of nitrogens with one attached hydrogen (secondary N) is 1. The smallest absolute Gasteiger partial charge is 0.212 e. The molecule has 0 unspecified atom stereocenters. The van der Waals surface area contributed by atoms with E-state index in [1.165, 1.54) is 5.56 Å². The van der Waals surface area contributed by atoms with Crippen LogP contribution in [-0.2, 0) is 13.1 Å². The van der Waals surface area contributed by atoms with Crippen LogP contribution in [0.2, 0.25) is 0 Å². The Morgan fingerprint density at radius 3 is 2.79 bits per heavy atom. The third-order valence-corrected chi connectivity index (χ3v) is 3.43. The first-order valence-electron chi connectivity index (χ1n) is 8.09. The summed E-state index contributed by atoms with van der Waals surface area (Å²) in [6.45, 7) is 7.61. The van der Waals surface area contributed by atoms with Gasteiger partial charge in [-0.3, -0.25) is 0 Å². The molecule has 0 aliphatic carbocycles. The van der Waals surface area contributed by atoms with E-state index in [2.05, 4.69) is 29.1 Å². The van der Waals surface area contributed by atoms with Crippen molar-refractivity contribution in [2.75, 3.05) is 13.7 Å². The van der Waals surface area contributed by atoms with E-state index in [1.807, 2.05) is 61.1 Å². The Morgan fingerprint density at radius 2 is 2.12 bits per heavy atom. The second-order valence-electron chi connectivity index (χ2n) is 5.41. The van der Waals surface area contributed by atoms with Gasteiger partial charge in [0.15, 0.2) is 0 Å². The summed E-state index contributed by atoms with van der Waals surface area (Å²) in [5.41, 5.74) is 3.22. The Hall–Kier alpha value is -2.59. The largest absolute Gasteiger partial charge is 0.473 e. The summed E-state index contributed by atoms with van der Waals surface area (Å²) in [5.74, 6) is 0.767. The number of allylic oxidation sites excluding steroid dienone is 3. The normalized spacial score (nSPS) is 11.8. The highest BCUT2D eigenvalue weighted by atomic mass is 16.5. The molecule has 0 bridgehead atoms. The molecular formula is C20H25N3O. The van der Waals surface area contributed by atoms with Gasteiger partial charge in [-0.05, 0) is 25.1 Å². The second-order valence-corrected chi connectivity index (χ2v) is 5.41.